The Morgan fingerprint density at radius 1 is 1.12 bits per heavy atom. The molecule has 3 heterocycles. The van der Waals surface area contributed by atoms with Gasteiger partial charge in [-0.15, -0.1) is 0 Å². The highest BCUT2D eigenvalue weighted by molar-refractivity contribution is 6.34. The zero-order valence-corrected chi connectivity index (χ0v) is 14.6. The van der Waals surface area contributed by atoms with Gasteiger partial charge in [0.15, 0.2) is 0 Å². The van der Waals surface area contributed by atoms with E-state index in [2.05, 4.69) is 27.4 Å². The van der Waals surface area contributed by atoms with E-state index in [9.17, 15) is 5.11 Å². The molecule has 0 unspecified atom stereocenters. The molecule has 0 spiro atoms. The van der Waals surface area contributed by atoms with E-state index in [4.69, 9.17) is 11.6 Å². The van der Waals surface area contributed by atoms with Crippen molar-refractivity contribution in [2.45, 2.75) is 37.8 Å². The average Bonchev–Trinajstić information content (AvgIpc) is 3.20. The van der Waals surface area contributed by atoms with Gasteiger partial charge in [-0.05, 0) is 37.8 Å². The zero-order chi connectivity index (χ0) is 17.0. The molecule has 5 rings (SSSR count). The van der Waals surface area contributed by atoms with E-state index in [1.807, 2.05) is 27.8 Å². The zero-order valence-electron chi connectivity index (χ0n) is 13.8. The highest BCUT2D eigenvalue weighted by atomic mass is 35.5. The van der Waals surface area contributed by atoms with Crippen molar-refractivity contribution < 1.29 is 5.11 Å². The second-order valence-corrected chi connectivity index (χ2v) is 7.48. The SMILES string of the molecule is O[C@@H]1CCCN(c2cc3c(cnn3-c3cnn(C4CC4)c3)cc2Cl)C1. The van der Waals surface area contributed by atoms with Gasteiger partial charge >= 0.3 is 0 Å². The molecule has 1 saturated carbocycles. The fourth-order valence-corrected chi connectivity index (χ4v) is 3.92. The smallest absolute Gasteiger partial charge is 0.103 e. The van der Waals surface area contributed by atoms with Crippen molar-refractivity contribution in [2.75, 3.05) is 18.0 Å². The van der Waals surface area contributed by atoms with Gasteiger partial charge in [0.1, 0.15) is 5.69 Å². The monoisotopic (exact) mass is 357 g/mol. The Balaban J connectivity index is 1.57. The van der Waals surface area contributed by atoms with Gasteiger partial charge in [-0.25, -0.2) is 4.68 Å². The van der Waals surface area contributed by atoms with Gasteiger partial charge in [0.2, 0.25) is 0 Å². The highest BCUT2D eigenvalue weighted by Gasteiger charge is 2.25. The molecule has 2 aromatic heterocycles. The number of hydrogen-bond donors (Lipinski definition) is 1. The number of benzene rings is 1. The van der Waals surface area contributed by atoms with Crippen molar-refractivity contribution >= 4 is 28.2 Å². The average molecular weight is 358 g/mol. The summed E-state index contributed by atoms with van der Waals surface area (Å²) in [6, 6.07) is 4.59. The van der Waals surface area contributed by atoms with Crippen molar-refractivity contribution in [3.8, 4) is 5.69 Å². The summed E-state index contributed by atoms with van der Waals surface area (Å²) in [4.78, 5) is 2.17. The third-order valence-electron chi connectivity index (χ3n) is 5.13. The Bertz CT molecular complexity index is 929. The summed E-state index contributed by atoms with van der Waals surface area (Å²) in [5.41, 5.74) is 2.94. The maximum absolute atomic E-state index is 9.98. The van der Waals surface area contributed by atoms with E-state index < -0.39 is 0 Å². The molecule has 25 heavy (non-hydrogen) atoms. The molecule has 1 N–H and O–H groups in total. The molecule has 0 bridgehead atoms. The molecular weight excluding hydrogens is 338 g/mol. The van der Waals surface area contributed by atoms with Crippen LogP contribution in [-0.4, -0.2) is 43.9 Å². The molecule has 1 aliphatic heterocycles. The standard InChI is InChI=1S/C18H20ClN5O/c19-16-6-12-8-21-24(14-9-20-23(10-14)13-3-4-13)17(12)7-18(16)22-5-1-2-15(25)11-22/h6-10,13,15,25H,1-5,11H2/t15-/m1/s1. The molecule has 0 radical (unpaired) electrons. The molecule has 2 fully saturated rings. The first-order valence-electron chi connectivity index (χ1n) is 8.84. The molecule has 2 aliphatic rings. The van der Waals surface area contributed by atoms with Crippen molar-refractivity contribution in [3.63, 3.8) is 0 Å². The van der Waals surface area contributed by atoms with Gasteiger partial charge in [-0.3, -0.25) is 4.68 Å². The van der Waals surface area contributed by atoms with Crippen LogP contribution in [0.15, 0.2) is 30.7 Å². The Kier molecular flexibility index (Phi) is 3.50. The number of aromatic nitrogens is 4. The third-order valence-corrected chi connectivity index (χ3v) is 5.43. The number of β-amino-alcohol motifs (C(OH)–C–C–N with tert-alkyl or cyclic N) is 1. The molecule has 0 amide bonds. The minimum Gasteiger partial charge on any atom is -0.391 e. The molecule has 6 nitrogen and oxygen atoms in total. The van der Waals surface area contributed by atoms with E-state index in [0.717, 1.165) is 41.7 Å². The number of aliphatic hydroxyl groups excluding tert-OH is 1. The second-order valence-electron chi connectivity index (χ2n) is 7.07. The second kappa shape index (κ2) is 5.75. The number of piperidine rings is 1. The van der Waals surface area contributed by atoms with E-state index in [1.165, 1.54) is 12.8 Å². The number of fused-ring (bicyclic) bond motifs is 1. The van der Waals surface area contributed by atoms with Gasteiger partial charge in [0.25, 0.3) is 0 Å². The fraction of sp³-hybridized carbons (Fsp3) is 0.444. The largest absolute Gasteiger partial charge is 0.391 e. The van der Waals surface area contributed by atoms with Crippen molar-refractivity contribution in [1.29, 1.82) is 0 Å². The van der Waals surface area contributed by atoms with Crippen LogP contribution in [-0.2, 0) is 0 Å². The van der Waals surface area contributed by atoms with Crippen LogP contribution in [0.3, 0.4) is 0 Å². The normalized spacial score (nSPS) is 21.2. The summed E-state index contributed by atoms with van der Waals surface area (Å²) < 4.78 is 3.95. The lowest BCUT2D eigenvalue weighted by Gasteiger charge is -2.32. The number of nitrogens with zero attached hydrogens (tertiary/aromatic N) is 5. The molecule has 3 aromatic rings. The predicted molar refractivity (Wildman–Crippen MR) is 97.6 cm³/mol. The number of aliphatic hydroxyl groups is 1. The molecule has 1 atom stereocenters. The Morgan fingerprint density at radius 3 is 2.80 bits per heavy atom. The summed E-state index contributed by atoms with van der Waals surface area (Å²) in [6.45, 7) is 1.54. The van der Waals surface area contributed by atoms with Crippen LogP contribution in [0.25, 0.3) is 16.6 Å². The van der Waals surface area contributed by atoms with Crippen LogP contribution in [0, 0.1) is 0 Å². The van der Waals surface area contributed by atoms with E-state index in [-0.39, 0.29) is 6.10 Å². The Labute approximate surface area is 150 Å². The molecular formula is C18H20ClN5O. The summed E-state index contributed by atoms with van der Waals surface area (Å²) in [7, 11) is 0. The molecule has 1 saturated heterocycles. The van der Waals surface area contributed by atoms with Crippen LogP contribution in [0.4, 0.5) is 5.69 Å². The Morgan fingerprint density at radius 2 is 2.00 bits per heavy atom. The molecule has 1 aliphatic carbocycles. The lowest BCUT2D eigenvalue weighted by Crippen LogP contribution is -2.38. The topological polar surface area (TPSA) is 59.1 Å². The summed E-state index contributed by atoms with van der Waals surface area (Å²) in [6.07, 6.45) is 9.72. The molecule has 1 aromatic carbocycles. The minimum atomic E-state index is -0.290. The lowest BCUT2D eigenvalue weighted by molar-refractivity contribution is 0.154. The lowest BCUT2D eigenvalue weighted by atomic mass is 10.1. The van der Waals surface area contributed by atoms with Crippen LogP contribution in [0.5, 0.6) is 0 Å². The minimum absolute atomic E-state index is 0.290. The van der Waals surface area contributed by atoms with Crippen LogP contribution in [0.1, 0.15) is 31.7 Å². The van der Waals surface area contributed by atoms with Gasteiger partial charge in [0, 0.05) is 18.5 Å². The first-order chi connectivity index (χ1) is 12.2. The summed E-state index contributed by atoms with van der Waals surface area (Å²) >= 11 is 6.52. The predicted octanol–water partition coefficient (Wildman–Crippen LogP) is 3.17. The quantitative estimate of drug-likeness (QED) is 0.782. The van der Waals surface area contributed by atoms with E-state index in [0.29, 0.717) is 17.6 Å². The van der Waals surface area contributed by atoms with E-state index >= 15 is 0 Å². The maximum Gasteiger partial charge on any atom is 0.103 e. The van der Waals surface area contributed by atoms with Crippen molar-refractivity contribution in [3.05, 3.63) is 35.7 Å². The van der Waals surface area contributed by atoms with Gasteiger partial charge in [0.05, 0.1) is 47.0 Å². The van der Waals surface area contributed by atoms with Crippen LogP contribution in [0.2, 0.25) is 5.02 Å². The van der Waals surface area contributed by atoms with Gasteiger partial charge in [-0.2, -0.15) is 10.2 Å². The highest BCUT2D eigenvalue weighted by Crippen LogP contribution is 2.36. The van der Waals surface area contributed by atoms with Crippen molar-refractivity contribution in [2.24, 2.45) is 0 Å². The van der Waals surface area contributed by atoms with Crippen molar-refractivity contribution in [1.82, 2.24) is 19.6 Å². The first-order valence-corrected chi connectivity index (χ1v) is 9.21. The number of hydrogen-bond acceptors (Lipinski definition) is 4. The van der Waals surface area contributed by atoms with Crippen LogP contribution < -0.4 is 4.90 Å². The number of rotatable bonds is 3. The number of halogens is 1. The Hall–Kier alpha value is -2.05. The molecule has 130 valence electrons. The van der Waals surface area contributed by atoms with E-state index in [1.54, 1.807) is 0 Å². The maximum atomic E-state index is 9.98. The van der Waals surface area contributed by atoms with Gasteiger partial charge in [-0.1, -0.05) is 11.6 Å². The fourth-order valence-electron chi connectivity index (χ4n) is 3.63. The third kappa shape index (κ3) is 2.69. The summed E-state index contributed by atoms with van der Waals surface area (Å²) in [5, 5.41) is 20.7. The molecule has 7 heteroatoms. The van der Waals surface area contributed by atoms with Crippen LogP contribution >= 0.6 is 11.6 Å². The number of anilines is 1. The van der Waals surface area contributed by atoms with Gasteiger partial charge < -0.3 is 10.0 Å². The summed E-state index contributed by atoms with van der Waals surface area (Å²) in [5.74, 6) is 0. The first kappa shape index (κ1) is 15.2.